The molecule has 0 aliphatic heterocycles. The summed E-state index contributed by atoms with van der Waals surface area (Å²) in [5.41, 5.74) is 1.32. The van der Waals surface area contributed by atoms with Gasteiger partial charge in [0.15, 0.2) is 0 Å². The molecule has 0 spiro atoms. The van der Waals surface area contributed by atoms with Crippen molar-refractivity contribution < 1.29 is 9.90 Å². The van der Waals surface area contributed by atoms with E-state index in [1.54, 1.807) is 19.0 Å². The molecule has 0 radical (unpaired) electrons. The first-order valence-corrected chi connectivity index (χ1v) is 5.53. The Morgan fingerprint density at radius 2 is 1.88 bits per heavy atom. The van der Waals surface area contributed by atoms with Crippen molar-refractivity contribution in [3.63, 3.8) is 0 Å². The Labute approximate surface area is 95.7 Å². The molecule has 0 unspecified atom stereocenters. The van der Waals surface area contributed by atoms with Gasteiger partial charge in [-0.15, -0.1) is 0 Å². The van der Waals surface area contributed by atoms with Crippen LogP contribution in [0, 0.1) is 0 Å². The third kappa shape index (κ3) is 2.42. The molecule has 1 aromatic carbocycles. The van der Waals surface area contributed by atoms with Crippen molar-refractivity contribution in [1.29, 1.82) is 0 Å². The van der Waals surface area contributed by atoms with Gasteiger partial charge in [-0.05, 0) is 30.5 Å². The van der Waals surface area contributed by atoms with Gasteiger partial charge < -0.3 is 10.0 Å². The summed E-state index contributed by atoms with van der Waals surface area (Å²) >= 11 is 0. The third-order valence-electron chi connectivity index (χ3n) is 2.97. The second kappa shape index (κ2) is 3.91. The van der Waals surface area contributed by atoms with E-state index in [0.29, 0.717) is 12.0 Å². The van der Waals surface area contributed by atoms with E-state index in [-0.39, 0.29) is 5.91 Å². The topological polar surface area (TPSA) is 40.5 Å². The van der Waals surface area contributed by atoms with Crippen LogP contribution in [0.1, 0.15) is 28.8 Å². The summed E-state index contributed by atoms with van der Waals surface area (Å²) in [7, 11) is 3.48. The fourth-order valence-corrected chi connectivity index (χ4v) is 1.72. The quantitative estimate of drug-likeness (QED) is 0.836. The number of hydrogen-bond donors (Lipinski definition) is 1. The fraction of sp³-hybridized carbons (Fsp3) is 0.462. The lowest BCUT2D eigenvalue weighted by molar-refractivity contribution is 0.0827. The molecule has 1 aliphatic carbocycles. The summed E-state index contributed by atoms with van der Waals surface area (Å²) in [5, 5.41) is 9.77. The van der Waals surface area contributed by atoms with E-state index in [9.17, 15) is 9.90 Å². The molecule has 0 heterocycles. The van der Waals surface area contributed by atoms with Crippen molar-refractivity contribution in [2.45, 2.75) is 24.9 Å². The molecule has 3 nitrogen and oxygen atoms in total. The van der Waals surface area contributed by atoms with Gasteiger partial charge in [-0.2, -0.15) is 0 Å². The van der Waals surface area contributed by atoms with E-state index < -0.39 is 5.60 Å². The molecule has 1 aromatic rings. The highest BCUT2D eigenvalue weighted by atomic mass is 16.3. The molecule has 1 amide bonds. The molecule has 1 N–H and O–H groups in total. The van der Waals surface area contributed by atoms with Crippen molar-refractivity contribution in [1.82, 2.24) is 4.90 Å². The second-order valence-electron chi connectivity index (χ2n) is 4.80. The predicted molar refractivity (Wildman–Crippen MR) is 62.3 cm³/mol. The first-order valence-electron chi connectivity index (χ1n) is 5.53. The molecule has 0 saturated heterocycles. The van der Waals surface area contributed by atoms with E-state index in [2.05, 4.69) is 0 Å². The zero-order valence-electron chi connectivity index (χ0n) is 9.73. The molecule has 3 heteroatoms. The predicted octanol–water partition coefficient (Wildman–Crippen LogP) is 1.46. The summed E-state index contributed by atoms with van der Waals surface area (Å²) < 4.78 is 0. The van der Waals surface area contributed by atoms with E-state index in [0.717, 1.165) is 18.4 Å². The van der Waals surface area contributed by atoms with Gasteiger partial charge in [-0.25, -0.2) is 0 Å². The smallest absolute Gasteiger partial charge is 0.253 e. The van der Waals surface area contributed by atoms with Gasteiger partial charge in [0, 0.05) is 26.1 Å². The highest BCUT2D eigenvalue weighted by molar-refractivity contribution is 5.93. The molecule has 0 atom stereocenters. The Bertz CT molecular complexity index is 391. The molecule has 2 rings (SSSR count). The maximum Gasteiger partial charge on any atom is 0.253 e. The first kappa shape index (κ1) is 11.1. The zero-order valence-corrected chi connectivity index (χ0v) is 9.73. The Kier molecular flexibility index (Phi) is 2.72. The van der Waals surface area contributed by atoms with Crippen LogP contribution in [0.2, 0.25) is 0 Å². The minimum Gasteiger partial charge on any atom is -0.390 e. The Balaban J connectivity index is 2.07. The first-order chi connectivity index (χ1) is 7.50. The van der Waals surface area contributed by atoms with Gasteiger partial charge in [0.1, 0.15) is 0 Å². The number of rotatable bonds is 3. The third-order valence-corrected chi connectivity index (χ3v) is 2.97. The number of hydrogen-bond acceptors (Lipinski definition) is 2. The van der Waals surface area contributed by atoms with Crippen LogP contribution in [0.5, 0.6) is 0 Å². The van der Waals surface area contributed by atoms with Crippen molar-refractivity contribution in [2.24, 2.45) is 0 Å². The fourth-order valence-electron chi connectivity index (χ4n) is 1.72. The molecule has 86 valence electrons. The summed E-state index contributed by atoms with van der Waals surface area (Å²) in [6.45, 7) is 0. The monoisotopic (exact) mass is 219 g/mol. The lowest BCUT2D eigenvalue weighted by atomic mass is 10.0. The van der Waals surface area contributed by atoms with Gasteiger partial charge >= 0.3 is 0 Å². The van der Waals surface area contributed by atoms with Crippen molar-refractivity contribution in [3.8, 4) is 0 Å². The van der Waals surface area contributed by atoms with E-state index in [1.165, 1.54) is 0 Å². The lowest BCUT2D eigenvalue weighted by Gasteiger charge is -2.11. The molecule has 1 aliphatic rings. The normalized spacial score (nSPS) is 16.9. The summed E-state index contributed by atoms with van der Waals surface area (Å²) in [6, 6.07) is 7.49. The molecule has 1 saturated carbocycles. The average Bonchev–Trinajstić information content (AvgIpc) is 2.96. The van der Waals surface area contributed by atoms with E-state index >= 15 is 0 Å². The average molecular weight is 219 g/mol. The Hall–Kier alpha value is -1.35. The van der Waals surface area contributed by atoms with Crippen LogP contribution in [0.4, 0.5) is 0 Å². The number of aliphatic hydroxyl groups is 1. The highest BCUT2D eigenvalue weighted by Gasteiger charge is 2.39. The molecule has 1 fully saturated rings. The van der Waals surface area contributed by atoms with Crippen LogP contribution < -0.4 is 0 Å². The minimum absolute atomic E-state index is 0.0108. The van der Waals surface area contributed by atoms with Crippen molar-refractivity contribution in [3.05, 3.63) is 35.4 Å². The summed E-state index contributed by atoms with van der Waals surface area (Å²) in [5.74, 6) is 0.0108. The Morgan fingerprint density at radius 1 is 1.31 bits per heavy atom. The molecule has 0 aromatic heterocycles. The summed E-state index contributed by atoms with van der Waals surface area (Å²) in [6.07, 6.45) is 2.49. The maximum atomic E-state index is 11.6. The Morgan fingerprint density at radius 3 is 2.31 bits per heavy atom. The van der Waals surface area contributed by atoms with Crippen molar-refractivity contribution in [2.75, 3.05) is 14.1 Å². The molecule has 16 heavy (non-hydrogen) atoms. The highest BCUT2D eigenvalue weighted by Crippen LogP contribution is 2.38. The van der Waals surface area contributed by atoms with Crippen molar-refractivity contribution >= 4 is 5.91 Å². The number of nitrogens with zero attached hydrogens (tertiary/aromatic N) is 1. The lowest BCUT2D eigenvalue weighted by Crippen LogP contribution is -2.21. The molecular formula is C13H17NO2. The number of carbonyl (C=O) groups is 1. The van der Waals surface area contributed by atoms with Crippen LogP contribution in [0.15, 0.2) is 24.3 Å². The van der Waals surface area contributed by atoms with E-state index in [4.69, 9.17) is 0 Å². The van der Waals surface area contributed by atoms with Gasteiger partial charge in [-0.3, -0.25) is 4.79 Å². The van der Waals surface area contributed by atoms with Crippen LogP contribution in [-0.2, 0) is 6.42 Å². The molecule has 0 bridgehead atoms. The van der Waals surface area contributed by atoms with Crippen LogP contribution in [0.3, 0.4) is 0 Å². The maximum absolute atomic E-state index is 11.6. The van der Waals surface area contributed by atoms with Crippen LogP contribution >= 0.6 is 0 Å². The van der Waals surface area contributed by atoms with Crippen LogP contribution in [0.25, 0.3) is 0 Å². The minimum atomic E-state index is -0.465. The van der Waals surface area contributed by atoms with Gasteiger partial charge in [-0.1, -0.05) is 12.1 Å². The number of amides is 1. The SMILES string of the molecule is CN(C)C(=O)c1ccc(CC2(O)CC2)cc1. The number of carbonyl (C=O) groups excluding carboxylic acids is 1. The standard InChI is InChI=1S/C13H17NO2/c1-14(2)12(15)11-5-3-10(4-6-11)9-13(16)7-8-13/h3-6,16H,7-9H2,1-2H3. The van der Waals surface area contributed by atoms with E-state index in [1.807, 2.05) is 24.3 Å². The molecular weight excluding hydrogens is 202 g/mol. The van der Waals surface area contributed by atoms with Gasteiger partial charge in [0.25, 0.3) is 5.91 Å². The second-order valence-corrected chi connectivity index (χ2v) is 4.80. The van der Waals surface area contributed by atoms with Crippen LogP contribution in [-0.4, -0.2) is 35.6 Å². The van der Waals surface area contributed by atoms with Gasteiger partial charge in [0.2, 0.25) is 0 Å². The van der Waals surface area contributed by atoms with Gasteiger partial charge in [0.05, 0.1) is 5.60 Å². The zero-order chi connectivity index (χ0) is 11.8. The summed E-state index contributed by atoms with van der Waals surface area (Å²) in [4.78, 5) is 13.2. The largest absolute Gasteiger partial charge is 0.390 e. The number of benzene rings is 1.